The number of nitrogens with one attached hydrogen (secondary N) is 1. The number of rotatable bonds is 8. The van der Waals surface area contributed by atoms with Crippen molar-refractivity contribution in [3.05, 3.63) is 47.8 Å². The molecule has 0 saturated heterocycles. The Bertz CT molecular complexity index is 1060. The SMILES string of the molecule is Cc1cncc(C(=O)CC23CC4CC(C2)CC(NC(=O)c2cc(OCCO)ccn2)(C4)C3)n1. The third-order valence-corrected chi connectivity index (χ3v) is 7.46. The van der Waals surface area contributed by atoms with Gasteiger partial charge in [0.1, 0.15) is 23.7 Å². The second-order valence-electron chi connectivity index (χ2n) is 10.3. The van der Waals surface area contributed by atoms with Crippen LogP contribution in [0.3, 0.4) is 0 Å². The van der Waals surface area contributed by atoms with Gasteiger partial charge in [0.05, 0.1) is 18.5 Å². The smallest absolute Gasteiger partial charge is 0.270 e. The van der Waals surface area contributed by atoms with Crippen LogP contribution >= 0.6 is 0 Å². The topological polar surface area (TPSA) is 114 Å². The Morgan fingerprint density at radius 3 is 2.70 bits per heavy atom. The van der Waals surface area contributed by atoms with Crippen molar-refractivity contribution in [3.8, 4) is 5.75 Å². The highest BCUT2D eigenvalue weighted by Crippen LogP contribution is 2.63. The molecule has 174 valence electrons. The Balaban J connectivity index is 1.34. The maximum absolute atomic E-state index is 13.2. The van der Waals surface area contributed by atoms with Crippen molar-refractivity contribution in [2.75, 3.05) is 13.2 Å². The van der Waals surface area contributed by atoms with Crippen molar-refractivity contribution in [3.63, 3.8) is 0 Å². The molecule has 4 aliphatic rings. The van der Waals surface area contributed by atoms with Crippen LogP contribution in [0.4, 0.5) is 0 Å². The van der Waals surface area contributed by atoms with Crippen LogP contribution in [-0.2, 0) is 0 Å². The summed E-state index contributed by atoms with van der Waals surface area (Å²) in [6, 6.07) is 3.28. The van der Waals surface area contributed by atoms with E-state index in [4.69, 9.17) is 9.84 Å². The summed E-state index contributed by atoms with van der Waals surface area (Å²) in [5.41, 5.74) is 1.09. The van der Waals surface area contributed by atoms with Gasteiger partial charge in [-0.3, -0.25) is 19.6 Å². The molecule has 1 amide bonds. The number of aliphatic hydroxyl groups is 1. The lowest BCUT2D eigenvalue weighted by atomic mass is 9.46. The fourth-order valence-electron chi connectivity index (χ4n) is 6.93. The number of pyridine rings is 1. The number of aryl methyl sites for hydroxylation is 1. The molecule has 4 bridgehead atoms. The van der Waals surface area contributed by atoms with E-state index in [2.05, 4.69) is 20.3 Å². The maximum Gasteiger partial charge on any atom is 0.270 e. The minimum Gasteiger partial charge on any atom is -0.491 e. The fourth-order valence-corrected chi connectivity index (χ4v) is 6.93. The maximum atomic E-state index is 13.2. The number of aromatic nitrogens is 3. The first-order valence-corrected chi connectivity index (χ1v) is 11.7. The Hall–Kier alpha value is -2.87. The highest BCUT2D eigenvalue weighted by atomic mass is 16.5. The summed E-state index contributed by atoms with van der Waals surface area (Å²) in [7, 11) is 0. The monoisotopic (exact) mass is 450 g/mol. The number of carbonyl (C=O) groups excluding carboxylic acids is 2. The van der Waals surface area contributed by atoms with Gasteiger partial charge < -0.3 is 15.2 Å². The first-order chi connectivity index (χ1) is 15.9. The van der Waals surface area contributed by atoms with Crippen LogP contribution in [0, 0.1) is 24.2 Å². The lowest BCUT2D eigenvalue weighted by Gasteiger charge is -2.62. The van der Waals surface area contributed by atoms with Gasteiger partial charge in [-0.15, -0.1) is 0 Å². The average Bonchev–Trinajstić information content (AvgIpc) is 2.76. The summed E-state index contributed by atoms with van der Waals surface area (Å²) in [5.74, 6) is 1.39. The first kappa shape index (κ1) is 21.9. The van der Waals surface area contributed by atoms with Crippen molar-refractivity contribution < 1.29 is 19.4 Å². The molecule has 2 unspecified atom stereocenters. The van der Waals surface area contributed by atoms with E-state index < -0.39 is 0 Å². The number of nitrogens with zero attached hydrogens (tertiary/aromatic N) is 3. The number of hydrogen-bond acceptors (Lipinski definition) is 7. The number of amides is 1. The Morgan fingerprint density at radius 1 is 1.18 bits per heavy atom. The van der Waals surface area contributed by atoms with Crippen LogP contribution in [0.2, 0.25) is 0 Å². The molecule has 2 heterocycles. The largest absolute Gasteiger partial charge is 0.491 e. The van der Waals surface area contributed by atoms with E-state index in [0.717, 1.165) is 37.8 Å². The number of carbonyl (C=O) groups is 2. The lowest BCUT2D eigenvalue weighted by molar-refractivity contribution is -0.0771. The summed E-state index contributed by atoms with van der Waals surface area (Å²) < 4.78 is 5.43. The normalized spacial score (nSPS) is 29.6. The van der Waals surface area contributed by atoms with Crippen LogP contribution in [0.25, 0.3) is 0 Å². The molecule has 8 nitrogen and oxygen atoms in total. The van der Waals surface area contributed by atoms with E-state index in [9.17, 15) is 9.59 Å². The van der Waals surface area contributed by atoms with Gasteiger partial charge in [0, 0.05) is 30.4 Å². The summed E-state index contributed by atoms with van der Waals surface area (Å²) in [5, 5.41) is 12.3. The third-order valence-electron chi connectivity index (χ3n) is 7.46. The predicted molar refractivity (Wildman–Crippen MR) is 120 cm³/mol. The van der Waals surface area contributed by atoms with Gasteiger partial charge >= 0.3 is 0 Å². The molecule has 2 aromatic rings. The zero-order valence-corrected chi connectivity index (χ0v) is 18.9. The molecule has 0 aromatic carbocycles. The van der Waals surface area contributed by atoms with Crippen molar-refractivity contribution in [2.45, 2.75) is 57.4 Å². The molecule has 8 heteroatoms. The molecule has 2 atom stereocenters. The van der Waals surface area contributed by atoms with Gasteiger partial charge in [-0.25, -0.2) is 4.98 Å². The van der Waals surface area contributed by atoms with Crippen LogP contribution < -0.4 is 10.1 Å². The van der Waals surface area contributed by atoms with Crippen molar-refractivity contribution >= 4 is 11.7 Å². The zero-order chi connectivity index (χ0) is 23.1. The predicted octanol–water partition coefficient (Wildman–Crippen LogP) is 2.89. The van der Waals surface area contributed by atoms with E-state index in [1.807, 2.05) is 6.92 Å². The Kier molecular flexibility index (Phi) is 5.64. The molecule has 0 aliphatic heterocycles. The van der Waals surface area contributed by atoms with Gasteiger partial charge in [0.2, 0.25) is 0 Å². The fraction of sp³-hybridized carbons (Fsp3) is 0.560. The number of ether oxygens (including phenoxy) is 1. The number of aliphatic hydroxyl groups excluding tert-OH is 1. The molecule has 6 rings (SSSR count). The Labute approximate surface area is 193 Å². The molecular weight excluding hydrogens is 420 g/mol. The molecule has 4 aliphatic carbocycles. The number of Topliss-reactive ketones (excluding diaryl/α,β-unsaturated/α-hetero) is 1. The van der Waals surface area contributed by atoms with E-state index in [1.165, 1.54) is 6.42 Å². The van der Waals surface area contributed by atoms with E-state index in [0.29, 0.717) is 35.4 Å². The minimum atomic E-state index is -0.302. The third kappa shape index (κ3) is 4.49. The zero-order valence-electron chi connectivity index (χ0n) is 18.9. The molecule has 4 saturated carbocycles. The highest BCUT2D eigenvalue weighted by Gasteiger charge is 2.58. The highest BCUT2D eigenvalue weighted by molar-refractivity contribution is 5.95. The average molecular weight is 451 g/mol. The van der Waals surface area contributed by atoms with E-state index in [1.54, 1.807) is 30.7 Å². The van der Waals surface area contributed by atoms with Crippen molar-refractivity contribution in [1.82, 2.24) is 20.3 Å². The Morgan fingerprint density at radius 2 is 1.97 bits per heavy atom. The lowest BCUT2D eigenvalue weighted by Crippen LogP contribution is -2.63. The molecular formula is C25H30N4O4. The van der Waals surface area contributed by atoms with Gasteiger partial charge in [-0.2, -0.15) is 0 Å². The molecule has 33 heavy (non-hydrogen) atoms. The standard InChI is InChI=1S/C25H30N4O4/c1-16-13-26-14-21(28-16)22(31)12-24-8-17-6-18(9-24)11-25(10-17,15-24)29-23(32)20-7-19(2-3-27-20)33-5-4-30/h2-3,7,13-14,17-18,30H,4-6,8-12,15H2,1H3,(H,29,32). The van der Waals surface area contributed by atoms with Gasteiger partial charge in [-0.1, -0.05) is 0 Å². The summed E-state index contributed by atoms with van der Waals surface area (Å²) in [4.78, 5) is 39.1. The van der Waals surface area contributed by atoms with Crippen LogP contribution in [0.15, 0.2) is 30.7 Å². The van der Waals surface area contributed by atoms with E-state index in [-0.39, 0.29) is 35.9 Å². The number of hydrogen-bond donors (Lipinski definition) is 2. The molecule has 2 N–H and O–H groups in total. The van der Waals surface area contributed by atoms with Crippen LogP contribution in [0.1, 0.15) is 71.6 Å². The van der Waals surface area contributed by atoms with Crippen LogP contribution in [-0.4, -0.2) is 50.5 Å². The quantitative estimate of drug-likeness (QED) is 0.594. The first-order valence-electron chi connectivity index (χ1n) is 11.7. The second-order valence-corrected chi connectivity index (χ2v) is 10.3. The van der Waals surface area contributed by atoms with Gasteiger partial charge in [0.15, 0.2) is 5.78 Å². The molecule has 4 fully saturated rings. The van der Waals surface area contributed by atoms with Crippen molar-refractivity contribution in [1.29, 1.82) is 0 Å². The minimum absolute atomic E-state index is 0.0463. The summed E-state index contributed by atoms with van der Waals surface area (Å²) >= 11 is 0. The summed E-state index contributed by atoms with van der Waals surface area (Å²) in [6.07, 6.45) is 11.2. The van der Waals surface area contributed by atoms with Crippen LogP contribution in [0.5, 0.6) is 5.75 Å². The second kappa shape index (κ2) is 8.48. The summed E-state index contributed by atoms with van der Waals surface area (Å²) in [6.45, 7) is 1.92. The molecule has 0 spiro atoms. The van der Waals surface area contributed by atoms with Gasteiger partial charge in [-0.05, 0) is 68.8 Å². The molecule has 0 radical (unpaired) electrons. The number of ketones is 1. The molecule has 2 aromatic heterocycles. The van der Waals surface area contributed by atoms with Crippen molar-refractivity contribution in [2.24, 2.45) is 17.3 Å². The van der Waals surface area contributed by atoms with E-state index >= 15 is 0 Å². The van der Waals surface area contributed by atoms with Gasteiger partial charge in [0.25, 0.3) is 5.91 Å².